The second-order valence-electron chi connectivity index (χ2n) is 5.59. The first kappa shape index (κ1) is 13.9. The highest BCUT2D eigenvalue weighted by Crippen LogP contribution is 2.25. The van der Waals surface area contributed by atoms with Crippen molar-refractivity contribution in [1.29, 1.82) is 0 Å². The van der Waals surface area contributed by atoms with Crippen LogP contribution in [-0.2, 0) is 6.42 Å². The molecule has 21 heavy (non-hydrogen) atoms. The van der Waals surface area contributed by atoms with Gasteiger partial charge in [-0.15, -0.1) is 0 Å². The number of benzene rings is 1. The highest BCUT2D eigenvalue weighted by molar-refractivity contribution is 5.51. The van der Waals surface area contributed by atoms with E-state index in [2.05, 4.69) is 27.2 Å². The normalized spacial score (nSPS) is 16.2. The third kappa shape index (κ3) is 3.19. The molecule has 0 saturated carbocycles. The number of nitrogens with two attached hydrogens (primary N) is 1. The lowest BCUT2D eigenvalue weighted by Gasteiger charge is -2.31. The van der Waals surface area contributed by atoms with Gasteiger partial charge in [-0.1, -0.05) is 12.1 Å². The molecular weight excluding hydrogens is 264 g/mol. The predicted molar refractivity (Wildman–Crippen MR) is 83.8 cm³/mol. The molecule has 5 heteroatoms. The minimum absolute atomic E-state index is 0.343. The Morgan fingerprint density at radius 3 is 2.95 bits per heavy atom. The molecule has 1 saturated heterocycles. The van der Waals surface area contributed by atoms with Crippen molar-refractivity contribution >= 4 is 5.69 Å². The van der Waals surface area contributed by atoms with Crippen LogP contribution in [0.2, 0.25) is 0 Å². The van der Waals surface area contributed by atoms with Crippen molar-refractivity contribution in [3.63, 3.8) is 0 Å². The summed E-state index contributed by atoms with van der Waals surface area (Å²) < 4.78 is 5.28. The highest BCUT2D eigenvalue weighted by Gasteiger charge is 2.19. The van der Waals surface area contributed by atoms with E-state index in [9.17, 15) is 0 Å². The van der Waals surface area contributed by atoms with Gasteiger partial charge in [-0.2, -0.15) is 5.10 Å². The van der Waals surface area contributed by atoms with E-state index in [0.29, 0.717) is 6.04 Å². The van der Waals surface area contributed by atoms with Crippen LogP contribution >= 0.6 is 0 Å². The molecule has 1 aromatic carbocycles. The lowest BCUT2D eigenvalue weighted by molar-refractivity contribution is 0.414. The molecule has 0 spiro atoms. The first-order valence-corrected chi connectivity index (χ1v) is 7.42. The molecule has 0 unspecified atom stereocenters. The summed E-state index contributed by atoms with van der Waals surface area (Å²) in [5, 5.41) is 7.36. The molecule has 1 fully saturated rings. The van der Waals surface area contributed by atoms with E-state index < -0.39 is 0 Å². The van der Waals surface area contributed by atoms with Crippen molar-refractivity contribution in [2.24, 2.45) is 5.73 Å². The zero-order valence-corrected chi connectivity index (χ0v) is 12.4. The van der Waals surface area contributed by atoms with Gasteiger partial charge in [0.1, 0.15) is 5.75 Å². The van der Waals surface area contributed by atoms with Gasteiger partial charge in [-0.3, -0.25) is 5.10 Å². The van der Waals surface area contributed by atoms with Crippen LogP contribution in [0, 0.1) is 0 Å². The average Bonchev–Trinajstić information content (AvgIpc) is 2.96. The number of nitrogens with one attached hydrogen (secondary N) is 1. The molecule has 3 N–H and O–H groups in total. The topological polar surface area (TPSA) is 67.2 Å². The second-order valence-corrected chi connectivity index (χ2v) is 5.59. The Kier molecular flexibility index (Phi) is 4.10. The summed E-state index contributed by atoms with van der Waals surface area (Å²) in [5.41, 5.74) is 9.55. The Labute approximate surface area is 125 Å². The SMILES string of the molecule is COc1cccc(Cc2[nH]ncc2N2CCC(N)CC2)c1. The average molecular weight is 286 g/mol. The maximum absolute atomic E-state index is 5.98. The maximum Gasteiger partial charge on any atom is 0.119 e. The fourth-order valence-corrected chi connectivity index (χ4v) is 2.84. The molecule has 0 radical (unpaired) electrons. The molecule has 0 amide bonds. The monoisotopic (exact) mass is 286 g/mol. The van der Waals surface area contributed by atoms with Crippen LogP contribution in [0.1, 0.15) is 24.1 Å². The number of nitrogens with zero attached hydrogens (tertiary/aromatic N) is 2. The number of ether oxygens (including phenoxy) is 1. The third-order valence-corrected chi connectivity index (χ3v) is 4.09. The fourth-order valence-electron chi connectivity index (χ4n) is 2.84. The zero-order valence-electron chi connectivity index (χ0n) is 12.4. The smallest absolute Gasteiger partial charge is 0.119 e. The second kappa shape index (κ2) is 6.18. The van der Waals surface area contributed by atoms with Gasteiger partial charge in [-0.05, 0) is 30.5 Å². The molecule has 112 valence electrons. The van der Waals surface area contributed by atoms with Crippen LogP contribution in [0.4, 0.5) is 5.69 Å². The van der Waals surface area contributed by atoms with Crippen LogP contribution < -0.4 is 15.4 Å². The third-order valence-electron chi connectivity index (χ3n) is 4.09. The Hall–Kier alpha value is -2.01. The summed E-state index contributed by atoms with van der Waals surface area (Å²) in [6, 6.07) is 8.50. The van der Waals surface area contributed by atoms with Crippen molar-refractivity contribution in [3.8, 4) is 5.75 Å². The first-order valence-electron chi connectivity index (χ1n) is 7.42. The number of hydrogen-bond donors (Lipinski definition) is 2. The molecule has 1 aromatic heterocycles. The molecular formula is C16H22N4O. The number of hydrogen-bond acceptors (Lipinski definition) is 4. The lowest BCUT2D eigenvalue weighted by Crippen LogP contribution is -2.39. The van der Waals surface area contributed by atoms with E-state index >= 15 is 0 Å². The van der Waals surface area contributed by atoms with E-state index in [1.54, 1.807) is 7.11 Å². The molecule has 5 nitrogen and oxygen atoms in total. The van der Waals surface area contributed by atoms with Gasteiger partial charge < -0.3 is 15.4 Å². The summed E-state index contributed by atoms with van der Waals surface area (Å²) in [7, 11) is 1.69. The standard InChI is InChI=1S/C16H22N4O/c1-21-14-4-2-3-12(9-14)10-15-16(11-18-19-15)20-7-5-13(17)6-8-20/h2-4,9,11,13H,5-8,10,17H2,1H3,(H,18,19). The summed E-state index contributed by atoms with van der Waals surface area (Å²) in [6.45, 7) is 2.01. The number of anilines is 1. The molecule has 1 aliphatic heterocycles. The molecule has 3 rings (SSSR count). The van der Waals surface area contributed by atoms with E-state index in [4.69, 9.17) is 10.5 Å². The Morgan fingerprint density at radius 1 is 1.38 bits per heavy atom. The van der Waals surface area contributed by atoms with E-state index in [1.165, 1.54) is 11.3 Å². The number of aromatic nitrogens is 2. The van der Waals surface area contributed by atoms with Crippen LogP contribution in [0.3, 0.4) is 0 Å². The van der Waals surface area contributed by atoms with Crippen molar-refractivity contribution in [2.75, 3.05) is 25.1 Å². The molecule has 2 aromatic rings. The Bertz CT molecular complexity index is 587. The van der Waals surface area contributed by atoms with Gasteiger partial charge in [0.05, 0.1) is 24.7 Å². The molecule has 2 heterocycles. The highest BCUT2D eigenvalue weighted by atomic mass is 16.5. The Morgan fingerprint density at radius 2 is 2.19 bits per heavy atom. The van der Waals surface area contributed by atoms with E-state index in [-0.39, 0.29) is 0 Å². The minimum Gasteiger partial charge on any atom is -0.497 e. The maximum atomic E-state index is 5.98. The van der Waals surface area contributed by atoms with Gasteiger partial charge in [0.15, 0.2) is 0 Å². The lowest BCUT2D eigenvalue weighted by atomic mass is 10.0. The van der Waals surface area contributed by atoms with Gasteiger partial charge in [0.25, 0.3) is 0 Å². The van der Waals surface area contributed by atoms with Crippen LogP contribution in [0.15, 0.2) is 30.5 Å². The van der Waals surface area contributed by atoms with Crippen LogP contribution in [0.25, 0.3) is 0 Å². The number of aromatic amines is 1. The van der Waals surface area contributed by atoms with Gasteiger partial charge in [-0.25, -0.2) is 0 Å². The minimum atomic E-state index is 0.343. The van der Waals surface area contributed by atoms with Gasteiger partial charge >= 0.3 is 0 Å². The quantitative estimate of drug-likeness (QED) is 0.901. The first-order chi connectivity index (χ1) is 10.3. The number of H-pyrrole nitrogens is 1. The summed E-state index contributed by atoms with van der Waals surface area (Å²) >= 11 is 0. The largest absolute Gasteiger partial charge is 0.497 e. The van der Waals surface area contributed by atoms with Crippen molar-refractivity contribution in [2.45, 2.75) is 25.3 Å². The van der Waals surface area contributed by atoms with Gasteiger partial charge in [0, 0.05) is 25.6 Å². The Balaban J connectivity index is 1.76. The summed E-state index contributed by atoms with van der Waals surface area (Å²) in [4.78, 5) is 2.38. The van der Waals surface area contributed by atoms with Crippen LogP contribution in [0.5, 0.6) is 5.75 Å². The van der Waals surface area contributed by atoms with E-state index in [0.717, 1.165) is 43.8 Å². The van der Waals surface area contributed by atoms with E-state index in [1.807, 2.05) is 18.3 Å². The number of methoxy groups -OCH3 is 1. The molecule has 0 bridgehead atoms. The summed E-state index contributed by atoms with van der Waals surface area (Å²) in [5.74, 6) is 0.887. The van der Waals surface area contributed by atoms with Crippen molar-refractivity contribution in [3.05, 3.63) is 41.7 Å². The van der Waals surface area contributed by atoms with Crippen molar-refractivity contribution < 1.29 is 4.74 Å². The number of piperidine rings is 1. The fraction of sp³-hybridized carbons (Fsp3) is 0.438. The summed E-state index contributed by atoms with van der Waals surface area (Å²) in [6.07, 6.45) is 4.84. The zero-order chi connectivity index (χ0) is 14.7. The van der Waals surface area contributed by atoms with Gasteiger partial charge in [0.2, 0.25) is 0 Å². The molecule has 0 aliphatic carbocycles. The molecule has 1 aliphatic rings. The molecule has 0 atom stereocenters. The van der Waals surface area contributed by atoms with Crippen LogP contribution in [-0.4, -0.2) is 36.4 Å². The van der Waals surface area contributed by atoms with Crippen molar-refractivity contribution in [1.82, 2.24) is 10.2 Å². The number of rotatable bonds is 4. The predicted octanol–water partition coefficient (Wildman–Crippen LogP) is 1.94.